The maximum absolute atomic E-state index is 13.8. The second-order valence-electron chi connectivity index (χ2n) is 6.27. The number of pyridine rings is 1. The van der Waals surface area contributed by atoms with Gasteiger partial charge in [-0.25, -0.2) is 9.07 Å². The molecule has 4 aromatic rings. The standard InChI is InChI=1S/C20H15FN4O3/c1-11-6-8-12(9-7-11)25-18-13(10-22-25)17(26)16(20(28)24-18)19(27)23-15-5-3-2-4-14(15)21/h2-10H,1H3,(H,23,27)(H2,24,26,28). The summed E-state index contributed by atoms with van der Waals surface area (Å²) in [4.78, 5) is 27.5. The average Bonchev–Trinajstić information content (AvgIpc) is 3.08. The van der Waals surface area contributed by atoms with E-state index in [1.807, 2.05) is 31.2 Å². The van der Waals surface area contributed by atoms with Crippen molar-refractivity contribution in [3.63, 3.8) is 0 Å². The number of nitrogens with one attached hydrogen (secondary N) is 2. The molecule has 0 atom stereocenters. The predicted octanol–water partition coefficient (Wildman–Crippen LogP) is 3.12. The van der Waals surface area contributed by atoms with E-state index in [1.54, 1.807) is 0 Å². The van der Waals surface area contributed by atoms with E-state index in [0.717, 1.165) is 5.56 Å². The minimum Gasteiger partial charge on any atom is -0.506 e. The molecule has 28 heavy (non-hydrogen) atoms. The van der Waals surface area contributed by atoms with Gasteiger partial charge in [-0.05, 0) is 31.2 Å². The molecule has 0 radical (unpaired) electrons. The highest BCUT2D eigenvalue weighted by Crippen LogP contribution is 2.27. The van der Waals surface area contributed by atoms with E-state index in [2.05, 4.69) is 15.4 Å². The summed E-state index contributed by atoms with van der Waals surface area (Å²) >= 11 is 0. The Hall–Kier alpha value is -3.94. The van der Waals surface area contributed by atoms with Crippen molar-refractivity contribution < 1.29 is 14.3 Å². The molecule has 0 bridgehead atoms. The number of benzene rings is 2. The number of nitrogens with zero attached hydrogens (tertiary/aromatic N) is 2. The van der Waals surface area contributed by atoms with Crippen molar-refractivity contribution in [1.82, 2.24) is 14.8 Å². The van der Waals surface area contributed by atoms with Crippen molar-refractivity contribution in [1.29, 1.82) is 0 Å². The number of aryl methyl sites for hydroxylation is 1. The molecule has 0 saturated heterocycles. The van der Waals surface area contributed by atoms with Gasteiger partial charge in [-0.15, -0.1) is 0 Å². The summed E-state index contributed by atoms with van der Waals surface area (Å²) in [6, 6.07) is 12.9. The smallest absolute Gasteiger partial charge is 0.266 e. The van der Waals surface area contributed by atoms with E-state index in [4.69, 9.17) is 0 Å². The summed E-state index contributed by atoms with van der Waals surface area (Å²) in [6.07, 6.45) is 1.35. The summed E-state index contributed by atoms with van der Waals surface area (Å²) in [5.74, 6) is -2.10. The lowest BCUT2D eigenvalue weighted by molar-refractivity contribution is 0.102. The fourth-order valence-electron chi connectivity index (χ4n) is 2.89. The van der Waals surface area contributed by atoms with E-state index >= 15 is 0 Å². The van der Waals surface area contributed by atoms with Crippen LogP contribution in [0.3, 0.4) is 0 Å². The third kappa shape index (κ3) is 2.90. The Balaban J connectivity index is 1.79. The number of hydrogen-bond donors (Lipinski definition) is 3. The van der Waals surface area contributed by atoms with Gasteiger partial charge < -0.3 is 15.4 Å². The number of aromatic hydroxyl groups is 1. The molecular formula is C20H15FN4O3. The van der Waals surface area contributed by atoms with Gasteiger partial charge in [-0.2, -0.15) is 5.10 Å². The maximum atomic E-state index is 13.8. The number of halogens is 1. The lowest BCUT2D eigenvalue weighted by Crippen LogP contribution is -2.24. The van der Waals surface area contributed by atoms with Crippen molar-refractivity contribution >= 4 is 22.6 Å². The number of fused-ring (bicyclic) bond motifs is 1. The Morgan fingerprint density at radius 3 is 2.61 bits per heavy atom. The molecule has 2 aromatic heterocycles. The Morgan fingerprint density at radius 2 is 1.89 bits per heavy atom. The molecule has 0 aliphatic carbocycles. The molecule has 2 heterocycles. The summed E-state index contributed by atoms with van der Waals surface area (Å²) < 4.78 is 15.2. The minimum atomic E-state index is -0.922. The molecule has 7 nitrogen and oxygen atoms in total. The summed E-state index contributed by atoms with van der Waals surface area (Å²) in [5.41, 5.74) is 0.560. The number of H-pyrrole nitrogens is 1. The first-order valence-electron chi connectivity index (χ1n) is 8.41. The molecule has 0 aliphatic heterocycles. The Labute approximate surface area is 158 Å². The first-order chi connectivity index (χ1) is 13.5. The van der Waals surface area contributed by atoms with Crippen LogP contribution in [-0.2, 0) is 0 Å². The summed E-state index contributed by atoms with van der Waals surface area (Å²) in [5, 5.41) is 17.2. The van der Waals surface area contributed by atoms with Crippen LogP contribution in [0.1, 0.15) is 15.9 Å². The third-order valence-electron chi connectivity index (χ3n) is 4.35. The van der Waals surface area contributed by atoms with Gasteiger partial charge >= 0.3 is 0 Å². The summed E-state index contributed by atoms with van der Waals surface area (Å²) in [6.45, 7) is 1.94. The number of anilines is 1. The number of aromatic nitrogens is 3. The second-order valence-corrected chi connectivity index (χ2v) is 6.27. The van der Waals surface area contributed by atoms with Crippen LogP contribution in [0.25, 0.3) is 16.7 Å². The molecule has 0 spiro atoms. The van der Waals surface area contributed by atoms with Crippen LogP contribution in [0.15, 0.2) is 59.5 Å². The van der Waals surface area contributed by atoms with Gasteiger partial charge in [0.05, 0.1) is 23.0 Å². The van der Waals surface area contributed by atoms with Gasteiger partial charge in [0.1, 0.15) is 22.8 Å². The predicted molar refractivity (Wildman–Crippen MR) is 102 cm³/mol. The van der Waals surface area contributed by atoms with Gasteiger partial charge in [0.2, 0.25) is 0 Å². The number of amides is 1. The zero-order chi connectivity index (χ0) is 19.8. The zero-order valence-electron chi connectivity index (χ0n) is 14.7. The van der Waals surface area contributed by atoms with Crippen molar-refractivity contribution in [3.8, 4) is 11.4 Å². The molecular weight excluding hydrogens is 363 g/mol. The molecule has 1 amide bonds. The van der Waals surface area contributed by atoms with Crippen molar-refractivity contribution in [2.24, 2.45) is 0 Å². The van der Waals surface area contributed by atoms with Crippen LogP contribution < -0.4 is 10.9 Å². The van der Waals surface area contributed by atoms with E-state index in [9.17, 15) is 19.1 Å². The average molecular weight is 378 g/mol. The van der Waals surface area contributed by atoms with Gasteiger partial charge in [0, 0.05) is 0 Å². The van der Waals surface area contributed by atoms with Crippen LogP contribution in [0, 0.1) is 12.7 Å². The molecule has 0 aliphatic rings. The van der Waals surface area contributed by atoms with E-state index < -0.39 is 28.6 Å². The summed E-state index contributed by atoms with van der Waals surface area (Å²) in [7, 11) is 0. The monoisotopic (exact) mass is 378 g/mol. The number of carbonyl (C=O) groups excluding carboxylic acids is 1. The van der Waals surface area contributed by atoms with Gasteiger partial charge in [0.15, 0.2) is 0 Å². The number of hydrogen-bond acceptors (Lipinski definition) is 4. The lowest BCUT2D eigenvalue weighted by atomic mass is 10.2. The number of rotatable bonds is 3. The third-order valence-corrected chi connectivity index (χ3v) is 4.35. The molecule has 0 unspecified atom stereocenters. The highest BCUT2D eigenvalue weighted by molar-refractivity contribution is 6.08. The minimum absolute atomic E-state index is 0.0956. The quantitative estimate of drug-likeness (QED) is 0.510. The van der Waals surface area contributed by atoms with Crippen LogP contribution >= 0.6 is 0 Å². The maximum Gasteiger partial charge on any atom is 0.266 e. The SMILES string of the molecule is Cc1ccc(-n2ncc3c(O)c(C(=O)Nc4ccccc4F)c(=O)[nH]c32)cc1. The highest BCUT2D eigenvalue weighted by atomic mass is 19.1. The fourth-order valence-corrected chi connectivity index (χ4v) is 2.89. The number of aromatic amines is 1. The van der Waals surface area contributed by atoms with Crippen LogP contribution in [-0.4, -0.2) is 25.8 Å². The van der Waals surface area contributed by atoms with Gasteiger partial charge in [-0.1, -0.05) is 29.8 Å². The van der Waals surface area contributed by atoms with E-state index in [-0.39, 0.29) is 16.7 Å². The van der Waals surface area contributed by atoms with E-state index in [1.165, 1.54) is 35.1 Å². The molecule has 140 valence electrons. The normalized spacial score (nSPS) is 10.9. The van der Waals surface area contributed by atoms with Crippen molar-refractivity contribution in [2.45, 2.75) is 6.92 Å². The molecule has 0 fully saturated rings. The Kier molecular flexibility index (Phi) is 4.15. The van der Waals surface area contributed by atoms with Gasteiger partial charge in [0.25, 0.3) is 11.5 Å². The first-order valence-corrected chi connectivity index (χ1v) is 8.41. The van der Waals surface area contributed by atoms with Crippen molar-refractivity contribution in [3.05, 3.63) is 82.0 Å². The molecule has 3 N–H and O–H groups in total. The zero-order valence-corrected chi connectivity index (χ0v) is 14.7. The van der Waals surface area contributed by atoms with Gasteiger partial charge in [-0.3, -0.25) is 9.59 Å². The first kappa shape index (κ1) is 17.5. The van der Waals surface area contributed by atoms with Crippen molar-refractivity contribution in [2.75, 3.05) is 5.32 Å². The number of para-hydroxylation sites is 1. The van der Waals surface area contributed by atoms with Crippen LogP contribution in [0.4, 0.5) is 10.1 Å². The molecule has 2 aromatic carbocycles. The highest BCUT2D eigenvalue weighted by Gasteiger charge is 2.22. The van der Waals surface area contributed by atoms with E-state index in [0.29, 0.717) is 5.69 Å². The van der Waals surface area contributed by atoms with Crippen LogP contribution in [0.2, 0.25) is 0 Å². The fraction of sp³-hybridized carbons (Fsp3) is 0.0500. The topological polar surface area (TPSA) is 100 Å². The lowest BCUT2D eigenvalue weighted by Gasteiger charge is -2.08. The van der Waals surface area contributed by atoms with Crippen LogP contribution in [0.5, 0.6) is 5.75 Å². The molecule has 0 saturated carbocycles. The Morgan fingerprint density at radius 1 is 1.18 bits per heavy atom. The Bertz CT molecular complexity index is 1260. The molecule has 4 rings (SSSR count). The molecule has 8 heteroatoms. The largest absolute Gasteiger partial charge is 0.506 e. The number of carbonyl (C=O) groups is 1. The second kappa shape index (κ2) is 6.66.